The molecule has 0 radical (unpaired) electrons. The van der Waals surface area contributed by atoms with E-state index in [2.05, 4.69) is 48.5 Å². The number of non-ortho nitro benzene ring substituents is 1. The number of benzene rings is 5. The maximum atomic E-state index is 11.0. The van der Waals surface area contributed by atoms with E-state index in [1.165, 1.54) is 29.0 Å². The molecule has 33 heavy (non-hydrogen) atoms. The van der Waals surface area contributed by atoms with Crippen LogP contribution in [0.4, 0.5) is 5.69 Å². The van der Waals surface area contributed by atoms with Gasteiger partial charge in [-0.05, 0) is 22.2 Å². The summed E-state index contributed by atoms with van der Waals surface area (Å²) in [5.41, 5.74) is 0.137. The number of fused-ring (bicyclic) bond motifs is 2. The fraction of sp³-hybridized carbons (Fsp3) is 0. The van der Waals surface area contributed by atoms with E-state index in [4.69, 9.17) is 4.55 Å². The fourth-order valence-electron chi connectivity index (χ4n) is 3.10. The Labute approximate surface area is 191 Å². The molecule has 0 aromatic heterocycles. The third kappa shape index (κ3) is 6.70. The standard InChI is InChI=1S/C10H8O3S.C10H8.C6H5NO2/c11-14(12,13)10-7-3-5-8-4-1-2-6-9(8)10;1-2-6-10-8-4-3-7-9(10)5-1;8-7(9)6-4-2-1-3-5-6/h1-7H,(H,11,12,13);1-8H;1-5H. The Morgan fingerprint density at radius 1 is 0.576 bits per heavy atom. The number of rotatable bonds is 2. The molecule has 5 rings (SSSR count). The molecule has 7 heteroatoms. The zero-order valence-corrected chi connectivity index (χ0v) is 18.3. The van der Waals surface area contributed by atoms with Gasteiger partial charge in [0.1, 0.15) is 4.90 Å². The van der Waals surface area contributed by atoms with Gasteiger partial charge in [-0.2, -0.15) is 8.42 Å². The highest BCUT2D eigenvalue weighted by atomic mass is 32.2. The van der Waals surface area contributed by atoms with Crippen LogP contribution in [0.5, 0.6) is 0 Å². The van der Waals surface area contributed by atoms with Crippen LogP contribution in [0.3, 0.4) is 0 Å². The monoisotopic (exact) mass is 459 g/mol. The molecule has 0 fully saturated rings. The minimum atomic E-state index is -4.13. The molecule has 5 aromatic rings. The topological polar surface area (TPSA) is 97.5 Å². The van der Waals surface area contributed by atoms with E-state index in [0.29, 0.717) is 5.39 Å². The summed E-state index contributed by atoms with van der Waals surface area (Å²) in [6.07, 6.45) is 0. The Morgan fingerprint density at radius 3 is 1.45 bits per heavy atom. The second-order valence-electron chi connectivity index (χ2n) is 6.89. The number of hydrogen-bond donors (Lipinski definition) is 1. The summed E-state index contributed by atoms with van der Waals surface area (Å²) in [6, 6.07) is 36.4. The Hall–Kier alpha value is -4.07. The molecular weight excluding hydrogens is 438 g/mol. The Bertz CT molecular complexity index is 1400. The lowest BCUT2D eigenvalue weighted by Gasteiger charge is -2.02. The van der Waals surface area contributed by atoms with Crippen LogP contribution in [-0.4, -0.2) is 17.9 Å². The minimum Gasteiger partial charge on any atom is -0.282 e. The summed E-state index contributed by atoms with van der Waals surface area (Å²) in [7, 11) is -4.13. The molecule has 0 aliphatic rings. The first-order valence-electron chi connectivity index (χ1n) is 9.95. The van der Waals surface area contributed by atoms with Crippen molar-refractivity contribution in [1.82, 2.24) is 0 Å². The molecule has 0 saturated carbocycles. The fourth-order valence-corrected chi connectivity index (χ4v) is 3.82. The summed E-state index contributed by atoms with van der Waals surface area (Å²) >= 11 is 0. The third-order valence-electron chi connectivity index (χ3n) is 4.65. The first-order valence-corrected chi connectivity index (χ1v) is 11.4. The normalized spacial score (nSPS) is 10.5. The van der Waals surface area contributed by atoms with Crippen molar-refractivity contribution in [1.29, 1.82) is 0 Å². The van der Waals surface area contributed by atoms with Crippen LogP contribution in [-0.2, 0) is 10.1 Å². The molecule has 0 aliphatic heterocycles. The van der Waals surface area contributed by atoms with Gasteiger partial charge in [0.2, 0.25) is 0 Å². The maximum Gasteiger partial charge on any atom is 0.295 e. The SMILES string of the molecule is O=S(=O)(O)c1cccc2ccccc12.O=[N+]([O-])c1ccccc1.c1ccc2ccccc2c1. The summed E-state index contributed by atoms with van der Waals surface area (Å²) in [6.45, 7) is 0. The highest BCUT2D eigenvalue weighted by Crippen LogP contribution is 2.22. The Kier molecular flexibility index (Phi) is 7.86. The van der Waals surface area contributed by atoms with Gasteiger partial charge in [-0.25, -0.2) is 0 Å². The van der Waals surface area contributed by atoms with Crippen molar-refractivity contribution in [3.63, 3.8) is 0 Å². The lowest BCUT2D eigenvalue weighted by Crippen LogP contribution is -1.98. The van der Waals surface area contributed by atoms with Crippen molar-refractivity contribution in [2.75, 3.05) is 0 Å². The molecule has 0 aliphatic carbocycles. The summed E-state index contributed by atoms with van der Waals surface area (Å²) < 4.78 is 31.0. The van der Waals surface area contributed by atoms with Crippen LogP contribution < -0.4 is 0 Å². The second-order valence-corrected chi connectivity index (χ2v) is 8.28. The van der Waals surface area contributed by atoms with Crippen molar-refractivity contribution in [2.24, 2.45) is 0 Å². The number of hydrogen-bond acceptors (Lipinski definition) is 4. The lowest BCUT2D eigenvalue weighted by atomic mass is 10.1. The summed E-state index contributed by atoms with van der Waals surface area (Å²) in [4.78, 5) is 9.54. The number of nitrogens with zero attached hydrogens (tertiary/aromatic N) is 1. The van der Waals surface area contributed by atoms with E-state index >= 15 is 0 Å². The molecule has 0 heterocycles. The third-order valence-corrected chi connectivity index (χ3v) is 5.57. The summed E-state index contributed by atoms with van der Waals surface area (Å²) in [5.74, 6) is 0. The van der Waals surface area contributed by atoms with Crippen molar-refractivity contribution < 1.29 is 17.9 Å². The zero-order chi connectivity index (χ0) is 23.7. The molecule has 6 nitrogen and oxygen atoms in total. The van der Waals surface area contributed by atoms with Crippen molar-refractivity contribution in [3.05, 3.63) is 131 Å². The highest BCUT2D eigenvalue weighted by Gasteiger charge is 2.12. The quantitative estimate of drug-likeness (QED) is 0.184. The summed E-state index contributed by atoms with van der Waals surface area (Å²) in [5, 5.41) is 14.0. The van der Waals surface area contributed by atoms with Crippen LogP contribution in [0.15, 0.2) is 126 Å². The minimum absolute atomic E-state index is 0.0457. The van der Waals surface area contributed by atoms with Crippen LogP contribution >= 0.6 is 0 Å². The molecule has 1 N–H and O–H groups in total. The predicted octanol–water partition coefficient (Wildman–Crippen LogP) is 6.52. The molecular formula is C26H21NO5S. The molecule has 5 aromatic carbocycles. The van der Waals surface area contributed by atoms with E-state index in [9.17, 15) is 18.5 Å². The van der Waals surface area contributed by atoms with Gasteiger partial charge in [0.25, 0.3) is 15.8 Å². The number of nitro benzene ring substituents is 1. The van der Waals surface area contributed by atoms with Gasteiger partial charge in [-0.1, -0.05) is 103 Å². The largest absolute Gasteiger partial charge is 0.295 e. The molecule has 0 bridgehead atoms. The molecule has 0 saturated heterocycles. The molecule has 166 valence electrons. The van der Waals surface area contributed by atoms with E-state index < -0.39 is 15.0 Å². The maximum absolute atomic E-state index is 11.0. The van der Waals surface area contributed by atoms with Crippen molar-refractivity contribution in [3.8, 4) is 0 Å². The number of nitro groups is 1. The average molecular weight is 460 g/mol. The van der Waals surface area contributed by atoms with Crippen molar-refractivity contribution in [2.45, 2.75) is 4.90 Å². The van der Waals surface area contributed by atoms with Gasteiger partial charge < -0.3 is 0 Å². The van der Waals surface area contributed by atoms with Crippen LogP contribution in [0.25, 0.3) is 21.5 Å². The molecule has 0 unspecified atom stereocenters. The van der Waals surface area contributed by atoms with Gasteiger partial charge in [0.15, 0.2) is 0 Å². The van der Waals surface area contributed by atoms with Crippen LogP contribution in [0.1, 0.15) is 0 Å². The lowest BCUT2D eigenvalue weighted by molar-refractivity contribution is -0.384. The van der Waals surface area contributed by atoms with Gasteiger partial charge in [-0.15, -0.1) is 0 Å². The first kappa shape index (κ1) is 23.6. The highest BCUT2D eigenvalue weighted by molar-refractivity contribution is 7.86. The molecule has 0 amide bonds. The van der Waals surface area contributed by atoms with E-state index in [1.54, 1.807) is 48.5 Å². The Balaban J connectivity index is 0.000000144. The first-order chi connectivity index (χ1) is 15.9. The van der Waals surface area contributed by atoms with Gasteiger partial charge in [0, 0.05) is 17.5 Å². The molecule has 0 spiro atoms. The second kappa shape index (κ2) is 11.0. The molecule has 0 atom stereocenters. The Morgan fingerprint density at radius 2 is 1.00 bits per heavy atom. The van der Waals surface area contributed by atoms with Crippen LogP contribution in [0.2, 0.25) is 0 Å². The predicted molar refractivity (Wildman–Crippen MR) is 131 cm³/mol. The number of para-hydroxylation sites is 1. The smallest absolute Gasteiger partial charge is 0.282 e. The van der Waals surface area contributed by atoms with Gasteiger partial charge in [0.05, 0.1) is 4.92 Å². The van der Waals surface area contributed by atoms with E-state index in [-0.39, 0.29) is 10.6 Å². The van der Waals surface area contributed by atoms with E-state index in [1.807, 2.05) is 6.07 Å². The van der Waals surface area contributed by atoms with Gasteiger partial charge in [-0.3, -0.25) is 14.7 Å². The van der Waals surface area contributed by atoms with Crippen LogP contribution in [0, 0.1) is 10.1 Å². The van der Waals surface area contributed by atoms with Gasteiger partial charge >= 0.3 is 0 Å². The van der Waals surface area contributed by atoms with E-state index in [0.717, 1.165) is 5.39 Å². The average Bonchev–Trinajstić information content (AvgIpc) is 2.84. The zero-order valence-electron chi connectivity index (χ0n) is 17.5. The van der Waals surface area contributed by atoms with Crippen molar-refractivity contribution >= 4 is 37.4 Å².